The summed E-state index contributed by atoms with van der Waals surface area (Å²) in [6, 6.07) is 117. The third kappa shape index (κ3) is 13.6. The van der Waals surface area contributed by atoms with Gasteiger partial charge in [0, 0.05) is 46.6 Å². The first-order valence-corrected chi connectivity index (χ1v) is 49.7. The first-order valence-electron chi connectivity index (χ1n) is 53.7. The average molecular weight is 1770 g/mol. The highest BCUT2D eigenvalue weighted by atomic mass is 15.2. The number of unbranched alkanes of at least 4 members (excludes halogenated alkanes) is 6. The molecule has 0 fully saturated rings. The van der Waals surface area contributed by atoms with Crippen molar-refractivity contribution in [1.29, 1.82) is 0 Å². The number of fused-ring (bicyclic) bond motifs is 27. The topological polar surface area (TPSA) is 11.4 Å². The number of para-hydroxylation sites is 2. The normalized spacial score (nSPS) is 15.0. The summed E-state index contributed by atoms with van der Waals surface area (Å²) in [5, 5.41) is 0.105. The minimum Gasteiger partial charge on any atom is -0.342 e. The van der Waals surface area contributed by atoms with E-state index >= 15 is 0 Å². The predicted octanol–water partition coefficient (Wildman–Crippen LogP) is 32.4. The maximum Gasteiger partial charge on any atom is 0.252 e. The van der Waals surface area contributed by atoms with Crippen LogP contribution in [0.1, 0.15) is 223 Å². The van der Waals surface area contributed by atoms with E-state index in [1.54, 1.807) is 4.57 Å². The summed E-state index contributed by atoms with van der Waals surface area (Å²) < 4.78 is 79.4. The van der Waals surface area contributed by atoms with Gasteiger partial charge in [-0.25, -0.2) is 0 Å². The van der Waals surface area contributed by atoms with E-state index in [1.165, 1.54) is 156 Å². The van der Waals surface area contributed by atoms with Gasteiger partial charge in [0.1, 0.15) is 0 Å². The van der Waals surface area contributed by atoms with Crippen LogP contribution in [0.15, 0.2) is 364 Å². The van der Waals surface area contributed by atoms with E-state index in [2.05, 4.69) is 408 Å². The zero-order valence-corrected chi connectivity index (χ0v) is 80.4. The standard InChI is InChI=1S/C132H120BN3/c1-127(2,3)93-73-91(74-94(81-93)128(4,5)6)87-65-69-118-122(79-87)134(71-39-15-13-17-41-85-43-19-21-45-98(85)89-63-67-106-104-51-27-35-59-114(104)131(116(106)77-89)110-55-31-23-47-100(110)101-48-24-32-56-111(101)131)124-83-97(136-120-61-37-29-53-108(120)109-54-30-38-62-121(109)136)84-125-126(124)133(118)119-70-66-88(92-75-95(129(7,8)9)82-96(76-92)130(10,11)12)80-123(119)135(125)72-40-16-14-18-42-86-44-20-22-46-99(86)90-64-68-107-105-52-28-36-60-115(105)132(117(107)78-90)112-57-33-25-49-102(112)103-50-26-34-58-113(103)132/h19-38,43-70,73-84H,13-18,39-42,71-72H2,1-12H3/i29D,30D,37D,38D,53D,54D,61D,62D. The van der Waals surface area contributed by atoms with E-state index in [1.807, 2.05) is 0 Å². The summed E-state index contributed by atoms with van der Waals surface area (Å²) >= 11 is 0. The Bertz CT molecular complexity index is 7740. The van der Waals surface area contributed by atoms with Gasteiger partial charge in [-0.15, -0.1) is 0 Å². The van der Waals surface area contributed by atoms with Crippen molar-refractivity contribution in [2.75, 3.05) is 22.9 Å². The van der Waals surface area contributed by atoms with E-state index in [0.717, 1.165) is 115 Å². The van der Waals surface area contributed by atoms with E-state index in [-0.39, 0.29) is 74.3 Å². The Balaban J connectivity index is 0.632. The van der Waals surface area contributed by atoms with Crippen LogP contribution < -0.4 is 26.2 Å². The van der Waals surface area contributed by atoms with Crippen molar-refractivity contribution in [3.8, 4) is 94.7 Å². The van der Waals surface area contributed by atoms with E-state index < -0.39 is 35.0 Å². The molecule has 3 nitrogen and oxygen atoms in total. The van der Waals surface area contributed by atoms with E-state index in [0.29, 0.717) is 18.8 Å². The van der Waals surface area contributed by atoms with Crippen LogP contribution in [0.4, 0.5) is 22.7 Å². The second kappa shape index (κ2) is 32.5. The van der Waals surface area contributed by atoms with Gasteiger partial charge in [0.2, 0.25) is 0 Å². The van der Waals surface area contributed by atoms with Gasteiger partial charge in [0.15, 0.2) is 0 Å². The number of anilines is 4. The summed E-state index contributed by atoms with van der Waals surface area (Å²) in [6.07, 6.45) is 9.14. The fourth-order valence-electron chi connectivity index (χ4n) is 24.5. The van der Waals surface area contributed by atoms with Crippen LogP contribution in [0.5, 0.6) is 0 Å². The van der Waals surface area contributed by atoms with Crippen molar-refractivity contribution in [3.63, 3.8) is 0 Å². The van der Waals surface area contributed by atoms with Crippen LogP contribution in [-0.4, -0.2) is 24.4 Å². The van der Waals surface area contributed by atoms with Crippen LogP contribution in [0.3, 0.4) is 0 Å². The Morgan fingerprint density at radius 1 is 0.257 bits per heavy atom. The van der Waals surface area contributed by atoms with Crippen molar-refractivity contribution in [2.45, 2.75) is 180 Å². The Morgan fingerprint density at radius 2 is 0.559 bits per heavy atom. The zero-order chi connectivity index (χ0) is 99.4. The molecule has 0 amide bonds. The van der Waals surface area contributed by atoms with Crippen molar-refractivity contribution >= 4 is 67.7 Å². The number of nitrogens with zero attached hydrogens (tertiary/aromatic N) is 3. The summed E-state index contributed by atoms with van der Waals surface area (Å²) in [5.41, 5.74) is 44.8. The number of aromatic nitrogens is 1. The molecule has 6 aliphatic rings. The molecule has 136 heavy (non-hydrogen) atoms. The van der Waals surface area contributed by atoms with Gasteiger partial charge in [0.25, 0.3) is 6.71 Å². The fourth-order valence-corrected chi connectivity index (χ4v) is 24.5. The molecule has 0 bridgehead atoms. The molecule has 3 heterocycles. The maximum absolute atomic E-state index is 10.1. The zero-order valence-electron chi connectivity index (χ0n) is 88.4. The molecular weight excluding hydrogens is 1640 g/mol. The summed E-state index contributed by atoms with van der Waals surface area (Å²) in [4.78, 5) is 5.13. The predicted molar refractivity (Wildman–Crippen MR) is 579 cm³/mol. The fraction of sp³-hybridized carbons (Fsp3) is 0.227. The molecule has 4 aliphatic carbocycles. The molecule has 4 heteroatoms. The molecule has 1 aromatic heterocycles. The third-order valence-electron chi connectivity index (χ3n) is 31.4. The molecule has 0 saturated heterocycles. The molecule has 18 aromatic rings. The summed E-state index contributed by atoms with van der Waals surface area (Å²) in [5.74, 6) is 0. The second-order valence-electron chi connectivity index (χ2n) is 43.5. The molecule has 0 N–H and O–H groups in total. The third-order valence-corrected chi connectivity index (χ3v) is 31.4. The lowest BCUT2D eigenvalue weighted by molar-refractivity contribution is 0.568. The molecule has 24 rings (SSSR count). The number of rotatable bonds is 19. The highest BCUT2D eigenvalue weighted by Gasteiger charge is 2.54. The first-order chi connectivity index (χ1) is 69.3. The van der Waals surface area contributed by atoms with Crippen molar-refractivity contribution in [2.24, 2.45) is 0 Å². The second-order valence-corrected chi connectivity index (χ2v) is 43.5. The lowest BCUT2D eigenvalue weighted by Crippen LogP contribution is -2.62. The lowest BCUT2D eigenvalue weighted by Gasteiger charge is -2.45. The molecular formula is C132H120BN3. The molecule has 666 valence electrons. The number of aryl methyl sites for hydroxylation is 2. The molecule has 0 saturated carbocycles. The maximum atomic E-state index is 10.1. The molecule has 2 aliphatic heterocycles. The van der Waals surface area contributed by atoms with Gasteiger partial charge >= 0.3 is 0 Å². The summed E-state index contributed by atoms with van der Waals surface area (Å²) in [6.45, 7) is 28.6. The van der Waals surface area contributed by atoms with Crippen LogP contribution in [0.25, 0.3) is 117 Å². The largest absolute Gasteiger partial charge is 0.342 e. The highest BCUT2D eigenvalue weighted by molar-refractivity contribution is 7.00. The van der Waals surface area contributed by atoms with Gasteiger partial charge in [0.05, 0.1) is 38.5 Å². The van der Waals surface area contributed by atoms with E-state index in [4.69, 9.17) is 0 Å². The Labute approximate surface area is 817 Å². The first kappa shape index (κ1) is 76.5. The number of hydrogen-bond acceptors (Lipinski definition) is 2. The average Bonchev–Trinajstić information content (AvgIpc) is 1.51. The van der Waals surface area contributed by atoms with Crippen molar-refractivity contribution in [1.82, 2.24) is 4.57 Å². The SMILES string of the molecule is [2H]c1c([2H])c([2H])c2c(c1[2H])c1c([2H])c([2H])c([2H])c([2H])c1n2-c1cc2c3c(c1)N(CCCCCCc1ccccc1-c1ccc4c(c1)C1(c5ccccc5-c5ccccc51)c1ccccc1-4)c1cc(-c4cc(C(C)(C)C)cc(C(C)(C)C)c4)ccc1B3c1ccc(-c3cc(C(C)(C)C)cc(C(C)(C)C)c3)cc1N2CCCCCCc1ccccc1-c1ccc2c(c1)C1(c3ccccc3-c3ccccc31)c1ccccc1-2. The van der Waals surface area contributed by atoms with Crippen LogP contribution in [-0.2, 0) is 45.3 Å². The van der Waals surface area contributed by atoms with Crippen LogP contribution in [0.2, 0.25) is 0 Å². The smallest absolute Gasteiger partial charge is 0.252 e. The monoisotopic (exact) mass is 1770 g/mol. The van der Waals surface area contributed by atoms with Crippen LogP contribution in [0, 0.1) is 0 Å². The quantitative estimate of drug-likeness (QED) is 0.0590. The van der Waals surface area contributed by atoms with E-state index in [9.17, 15) is 11.0 Å². The van der Waals surface area contributed by atoms with Gasteiger partial charge in [-0.1, -0.05) is 424 Å². The molecule has 17 aromatic carbocycles. The Kier molecular flexibility index (Phi) is 18.3. The molecule has 2 spiro atoms. The highest BCUT2D eigenvalue weighted by Crippen LogP contribution is 2.66. The lowest BCUT2D eigenvalue weighted by atomic mass is 9.33. The summed E-state index contributed by atoms with van der Waals surface area (Å²) in [7, 11) is 0. The molecule has 0 unspecified atom stereocenters. The van der Waals surface area contributed by atoms with Crippen molar-refractivity contribution < 1.29 is 11.0 Å². The Hall–Kier alpha value is -13.8. The Morgan fingerprint density at radius 3 is 0.904 bits per heavy atom. The number of benzene rings is 17. The van der Waals surface area contributed by atoms with Gasteiger partial charge in [-0.05, 0) is 292 Å². The molecule has 0 radical (unpaired) electrons. The number of hydrogen-bond donors (Lipinski definition) is 0. The minimum atomic E-state index is -0.471. The van der Waals surface area contributed by atoms with Crippen LogP contribution >= 0.6 is 0 Å². The molecule has 0 atom stereocenters. The van der Waals surface area contributed by atoms with Gasteiger partial charge in [-0.3, -0.25) is 0 Å². The van der Waals surface area contributed by atoms with Gasteiger partial charge in [-0.2, -0.15) is 0 Å². The van der Waals surface area contributed by atoms with Gasteiger partial charge < -0.3 is 14.4 Å². The minimum absolute atomic E-state index is 0.0523. The van der Waals surface area contributed by atoms with Crippen molar-refractivity contribution in [3.05, 3.63) is 442 Å².